The van der Waals surface area contributed by atoms with E-state index in [2.05, 4.69) is 10.3 Å². The largest absolute Gasteiger partial charge is 0.497 e. The van der Waals surface area contributed by atoms with E-state index >= 15 is 0 Å². The molecule has 4 aromatic rings. The topological polar surface area (TPSA) is 90.7 Å². The summed E-state index contributed by atoms with van der Waals surface area (Å²) in [4.78, 5) is 29.6. The second kappa shape index (κ2) is 8.31. The second-order valence-corrected chi connectivity index (χ2v) is 6.83. The fraction of sp³-hybridized carbons (Fsp3) is 0.125. The summed E-state index contributed by atoms with van der Waals surface area (Å²) in [5.41, 5.74) is 2.37. The number of nitrogens with one attached hydrogen (secondary N) is 1. The number of amides is 1. The molecule has 2 aromatic heterocycles. The van der Waals surface area contributed by atoms with Crippen molar-refractivity contribution in [3.05, 3.63) is 83.4 Å². The summed E-state index contributed by atoms with van der Waals surface area (Å²) in [5.74, 6) is 0.519. The van der Waals surface area contributed by atoms with Gasteiger partial charge in [-0.15, -0.1) is 0 Å². The van der Waals surface area contributed by atoms with Crippen LogP contribution in [0.2, 0.25) is 0 Å². The summed E-state index contributed by atoms with van der Waals surface area (Å²) in [6.45, 7) is 1.82. The smallest absolute Gasteiger partial charge is 0.274 e. The summed E-state index contributed by atoms with van der Waals surface area (Å²) >= 11 is 0. The standard InChI is InChI=1S/C24H20N2O5/c1-14-17-9-7-15(26-24(28)19-6-4-5-11-25-19)12-21(17)31-23(14)22(27)18-13-16(29-2)8-10-20(18)30-3/h4-13H,1-3H3,(H,26,28). The van der Waals surface area contributed by atoms with Crippen LogP contribution in [0.25, 0.3) is 11.0 Å². The number of aryl methyl sites for hydroxylation is 1. The molecule has 0 saturated carbocycles. The first-order valence-electron chi connectivity index (χ1n) is 9.54. The van der Waals surface area contributed by atoms with E-state index < -0.39 is 0 Å². The lowest BCUT2D eigenvalue weighted by molar-refractivity contribution is 0.100. The van der Waals surface area contributed by atoms with E-state index in [0.29, 0.717) is 39.6 Å². The zero-order valence-electron chi connectivity index (χ0n) is 17.3. The number of rotatable bonds is 6. The lowest BCUT2D eigenvalue weighted by atomic mass is 10.0. The fourth-order valence-electron chi connectivity index (χ4n) is 3.33. The van der Waals surface area contributed by atoms with Gasteiger partial charge in [0.2, 0.25) is 5.78 Å². The van der Waals surface area contributed by atoms with Gasteiger partial charge in [-0.25, -0.2) is 0 Å². The minimum absolute atomic E-state index is 0.203. The van der Waals surface area contributed by atoms with Crippen LogP contribution in [0.1, 0.15) is 32.2 Å². The van der Waals surface area contributed by atoms with Crippen molar-refractivity contribution in [1.82, 2.24) is 4.98 Å². The van der Waals surface area contributed by atoms with E-state index in [1.165, 1.54) is 14.2 Å². The molecule has 0 radical (unpaired) electrons. The van der Waals surface area contributed by atoms with Crippen LogP contribution in [-0.2, 0) is 0 Å². The molecule has 1 N–H and O–H groups in total. The lowest BCUT2D eigenvalue weighted by Crippen LogP contribution is -2.13. The first-order valence-corrected chi connectivity index (χ1v) is 9.54. The van der Waals surface area contributed by atoms with Crippen molar-refractivity contribution in [2.75, 3.05) is 19.5 Å². The minimum atomic E-state index is -0.333. The SMILES string of the molecule is COc1ccc(OC)c(C(=O)c2oc3cc(NC(=O)c4ccccn4)ccc3c2C)c1. The van der Waals surface area contributed by atoms with Gasteiger partial charge in [0.15, 0.2) is 5.76 Å². The molecule has 2 aromatic carbocycles. The number of nitrogens with zero attached hydrogens (tertiary/aromatic N) is 1. The number of fused-ring (bicyclic) bond motifs is 1. The molecule has 4 rings (SSSR count). The Morgan fingerprint density at radius 3 is 2.55 bits per heavy atom. The van der Waals surface area contributed by atoms with Crippen molar-refractivity contribution in [1.29, 1.82) is 0 Å². The number of ketones is 1. The highest BCUT2D eigenvalue weighted by atomic mass is 16.5. The molecule has 0 saturated heterocycles. The average Bonchev–Trinajstić information content (AvgIpc) is 3.14. The van der Waals surface area contributed by atoms with Crippen molar-refractivity contribution >= 4 is 28.3 Å². The summed E-state index contributed by atoms with van der Waals surface area (Å²) in [5, 5.41) is 3.57. The van der Waals surface area contributed by atoms with E-state index in [0.717, 1.165) is 5.39 Å². The molecular weight excluding hydrogens is 396 g/mol. The van der Waals surface area contributed by atoms with E-state index in [4.69, 9.17) is 13.9 Å². The maximum atomic E-state index is 13.2. The van der Waals surface area contributed by atoms with Crippen molar-refractivity contribution in [3.63, 3.8) is 0 Å². The predicted molar refractivity (Wildman–Crippen MR) is 116 cm³/mol. The third-order valence-corrected chi connectivity index (χ3v) is 4.95. The van der Waals surface area contributed by atoms with Gasteiger partial charge < -0.3 is 19.2 Å². The molecule has 0 aliphatic carbocycles. The molecule has 0 spiro atoms. The molecule has 7 nitrogen and oxygen atoms in total. The minimum Gasteiger partial charge on any atom is -0.497 e. The Balaban J connectivity index is 1.68. The summed E-state index contributed by atoms with van der Waals surface area (Å²) in [6.07, 6.45) is 1.55. The zero-order valence-corrected chi connectivity index (χ0v) is 17.3. The molecule has 0 atom stereocenters. The van der Waals surface area contributed by atoms with Gasteiger partial charge in [0, 0.05) is 28.9 Å². The number of aromatic nitrogens is 1. The monoisotopic (exact) mass is 416 g/mol. The van der Waals surface area contributed by atoms with E-state index in [-0.39, 0.29) is 17.5 Å². The Bertz CT molecular complexity index is 1280. The summed E-state index contributed by atoms with van der Waals surface area (Å²) in [6, 6.07) is 15.4. The fourth-order valence-corrected chi connectivity index (χ4v) is 3.33. The Morgan fingerprint density at radius 2 is 1.84 bits per heavy atom. The van der Waals surface area contributed by atoms with Crippen LogP contribution in [0.3, 0.4) is 0 Å². The van der Waals surface area contributed by atoms with E-state index in [9.17, 15) is 9.59 Å². The molecule has 2 heterocycles. The highest BCUT2D eigenvalue weighted by Gasteiger charge is 2.23. The Hall–Kier alpha value is -4.13. The van der Waals surface area contributed by atoms with Gasteiger partial charge in [0.05, 0.1) is 19.8 Å². The average molecular weight is 416 g/mol. The number of pyridine rings is 1. The third-order valence-electron chi connectivity index (χ3n) is 4.95. The number of carbonyl (C=O) groups is 2. The first kappa shape index (κ1) is 20.2. The van der Waals surface area contributed by atoms with Gasteiger partial charge in [-0.3, -0.25) is 14.6 Å². The molecule has 31 heavy (non-hydrogen) atoms. The zero-order chi connectivity index (χ0) is 22.0. The molecule has 7 heteroatoms. The number of hydrogen-bond donors (Lipinski definition) is 1. The molecule has 156 valence electrons. The number of anilines is 1. The number of hydrogen-bond acceptors (Lipinski definition) is 6. The van der Waals surface area contributed by atoms with Crippen LogP contribution < -0.4 is 14.8 Å². The lowest BCUT2D eigenvalue weighted by Gasteiger charge is -2.08. The van der Waals surface area contributed by atoms with Gasteiger partial charge in [0.25, 0.3) is 5.91 Å². The quantitative estimate of drug-likeness (QED) is 0.461. The van der Waals surface area contributed by atoms with Crippen molar-refractivity contribution in [3.8, 4) is 11.5 Å². The number of benzene rings is 2. The summed E-state index contributed by atoms with van der Waals surface area (Å²) in [7, 11) is 3.03. The molecule has 0 unspecified atom stereocenters. The van der Waals surface area contributed by atoms with Crippen LogP contribution in [0.15, 0.2) is 65.2 Å². The van der Waals surface area contributed by atoms with Crippen LogP contribution in [-0.4, -0.2) is 30.9 Å². The third kappa shape index (κ3) is 3.85. The highest BCUT2D eigenvalue weighted by molar-refractivity contribution is 6.12. The van der Waals surface area contributed by atoms with Crippen LogP contribution in [0.4, 0.5) is 5.69 Å². The first-order chi connectivity index (χ1) is 15.0. The van der Waals surface area contributed by atoms with E-state index in [1.807, 2.05) is 13.0 Å². The van der Waals surface area contributed by atoms with Gasteiger partial charge in [-0.1, -0.05) is 6.07 Å². The van der Waals surface area contributed by atoms with E-state index in [1.54, 1.807) is 54.7 Å². The number of carbonyl (C=O) groups excluding carboxylic acids is 2. The van der Waals surface area contributed by atoms with Gasteiger partial charge in [-0.05, 0) is 49.4 Å². The molecule has 0 fully saturated rings. The highest BCUT2D eigenvalue weighted by Crippen LogP contribution is 2.32. The number of methoxy groups -OCH3 is 2. The van der Waals surface area contributed by atoms with Gasteiger partial charge >= 0.3 is 0 Å². The van der Waals surface area contributed by atoms with Gasteiger partial charge in [-0.2, -0.15) is 0 Å². The second-order valence-electron chi connectivity index (χ2n) is 6.83. The van der Waals surface area contributed by atoms with Crippen molar-refractivity contribution in [2.45, 2.75) is 6.92 Å². The maximum absolute atomic E-state index is 13.2. The van der Waals surface area contributed by atoms with Crippen LogP contribution >= 0.6 is 0 Å². The summed E-state index contributed by atoms with van der Waals surface area (Å²) < 4.78 is 16.5. The van der Waals surface area contributed by atoms with Crippen molar-refractivity contribution < 1.29 is 23.5 Å². The number of furan rings is 1. The molecule has 0 bridgehead atoms. The van der Waals surface area contributed by atoms with Gasteiger partial charge in [0.1, 0.15) is 22.8 Å². The Morgan fingerprint density at radius 1 is 1.00 bits per heavy atom. The Kier molecular flexibility index (Phi) is 5.41. The predicted octanol–water partition coefficient (Wildman–Crippen LogP) is 4.64. The van der Waals surface area contributed by atoms with Crippen molar-refractivity contribution in [2.24, 2.45) is 0 Å². The normalized spacial score (nSPS) is 10.7. The molecule has 0 aliphatic heterocycles. The van der Waals surface area contributed by atoms with Crippen LogP contribution in [0, 0.1) is 6.92 Å². The molecular formula is C24H20N2O5. The Labute approximate surface area is 178 Å². The number of ether oxygens (including phenoxy) is 2. The van der Waals surface area contributed by atoms with Crippen LogP contribution in [0.5, 0.6) is 11.5 Å². The molecule has 0 aliphatic rings. The molecule has 1 amide bonds. The maximum Gasteiger partial charge on any atom is 0.274 e.